The van der Waals surface area contributed by atoms with Gasteiger partial charge in [-0.2, -0.15) is 0 Å². The van der Waals surface area contributed by atoms with Crippen molar-refractivity contribution in [1.29, 1.82) is 0 Å². The van der Waals surface area contributed by atoms with Gasteiger partial charge in [0.2, 0.25) is 0 Å². The fourth-order valence-electron chi connectivity index (χ4n) is 2.09. The van der Waals surface area contributed by atoms with Crippen LogP contribution in [0.1, 0.15) is 26.7 Å². The molecule has 1 fully saturated rings. The van der Waals surface area contributed by atoms with Crippen LogP contribution in [0.5, 0.6) is 0 Å². The summed E-state index contributed by atoms with van der Waals surface area (Å²) in [5, 5.41) is 0. The predicted octanol–water partition coefficient (Wildman–Crippen LogP) is -0.255. The third kappa shape index (κ3) is 6.68. The van der Waals surface area contributed by atoms with E-state index in [1.54, 1.807) is 4.90 Å². The normalized spacial score (nSPS) is 20.4. The van der Waals surface area contributed by atoms with Crippen molar-refractivity contribution in [2.45, 2.75) is 26.7 Å². The van der Waals surface area contributed by atoms with Crippen molar-refractivity contribution in [2.75, 3.05) is 19.5 Å². The van der Waals surface area contributed by atoms with E-state index in [-0.39, 0.29) is 51.4 Å². The zero-order chi connectivity index (χ0) is 10.8. The number of hydrogen-bond acceptors (Lipinski definition) is 1. The Morgan fingerprint density at radius 2 is 1.67 bits per heavy atom. The summed E-state index contributed by atoms with van der Waals surface area (Å²) in [4.78, 5) is 1.54. The number of piperidine rings is 1. The smallest absolute Gasteiger partial charge is 0.448 e. The average molecular weight is 247 g/mol. The van der Waals surface area contributed by atoms with Crippen LogP contribution in [0.2, 0.25) is 0 Å². The van der Waals surface area contributed by atoms with Crippen LogP contribution in [0.15, 0.2) is 0 Å². The minimum atomic E-state index is -4.64. The van der Waals surface area contributed by atoms with Gasteiger partial charge in [0.05, 0.1) is 0 Å². The summed E-state index contributed by atoms with van der Waals surface area (Å²) in [6.45, 7) is 0.888. The molecular formula is C9H18BF3KN. The van der Waals surface area contributed by atoms with Crippen LogP contribution in [0.25, 0.3) is 0 Å². The molecule has 0 aromatic carbocycles. The Labute approximate surface area is 133 Å². The Morgan fingerprint density at radius 3 is 2.00 bits per heavy atom. The Morgan fingerprint density at radius 1 is 1.20 bits per heavy atom. The molecule has 0 amide bonds. The zero-order valence-electron chi connectivity index (χ0n) is 9.85. The number of rotatable bonds is 3. The molecule has 0 N–H and O–H groups in total. The molecule has 0 spiro atoms. The summed E-state index contributed by atoms with van der Waals surface area (Å²) in [6, 6.07) is 0. The molecule has 0 bridgehead atoms. The average Bonchev–Trinajstić information content (AvgIpc) is 2.02. The summed E-state index contributed by atoms with van der Waals surface area (Å²) in [7, 11) is 0. The van der Waals surface area contributed by atoms with Gasteiger partial charge in [-0.1, -0.05) is 13.8 Å². The van der Waals surface area contributed by atoms with Gasteiger partial charge in [-0.3, -0.25) is 0 Å². The van der Waals surface area contributed by atoms with Crippen molar-refractivity contribution < 1.29 is 64.3 Å². The number of nitrogens with zero attached hydrogens (tertiary/aromatic N) is 1. The van der Waals surface area contributed by atoms with Gasteiger partial charge in [0.15, 0.2) is 0 Å². The first-order valence-corrected chi connectivity index (χ1v) is 5.32. The van der Waals surface area contributed by atoms with E-state index in [1.807, 2.05) is 0 Å². The van der Waals surface area contributed by atoms with E-state index >= 15 is 0 Å². The molecule has 6 heteroatoms. The van der Waals surface area contributed by atoms with Crippen LogP contribution in [-0.2, 0) is 0 Å². The Kier molecular flexibility index (Phi) is 7.69. The SMILES string of the molecule is CC(C)C1CCN(C[B-](F)(F)F)CC1.[K+]. The minimum Gasteiger partial charge on any atom is -0.448 e. The van der Waals surface area contributed by atoms with Crippen molar-refractivity contribution >= 4 is 6.98 Å². The first-order valence-electron chi connectivity index (χ1n) is 5.32. The third-order valence-electron chi connectivity index (χ3n) is 3.04. The maximum Gasteiger partial charge on any atom is 1.00 e. The second-order valence-corrected chi connectivity index (χ2v) is 4.59. The molecule has 0 saturated carbocycles. The molecule has 0 radical (unpaired) electrons. The van der Waals surface area contributed by atoms with Crippen LogP contribution >= 0.6 is 0 Å². The molecule has 0 aromatic heterocycles. The molecule has 0 aromatic rings. The quantitative estimate of drug-likeness (QED) is 0.621. The maximum absolute atomic E-state index is 12.1. The van der Waals surface area contributed by atoms with Crippen LogP contribution < -0.4 is 51.4 Å². The van der Waals surface area contributed by atoms with E-state index < -0.39 is 13.4 Å². The van der Waals surface area contributed by atoms with Gasteiger partial charge in [-0.25, -0.2) is 0 Å². The maximum atomic E-state index is 12.1. The summed E-state index contributed by atoms with van der Waals surface area (Å²) in [6.07, 6.45) is 1.17. The minimum absolute atomic E-state index is 0. The molecule has 1 nitrogen and oxygen atoms in total. The molecule has 0 atom stereocenters. The Bertz CT molecular complexity index is 179. The molecule has 84 valence electrons. The van der Waals surface area contributed by atoms with Crippen molar-refractivity contribution in [1.82, 2.24) is 4.90 Å². The second-order valence-electron chi connectivity index (χ2n) is 4.59. The number of hydrogen-bond donors (Lipinski definition) is 0. The first-order chi connectivity index (χ1) is 6.38. The van der Waals surface area contributed by atoms with Crippen LogP contribution in [-0.4, -0.2) is 31.4 Å². The molecule has 1 aliphatic heterocycles. The molecular weight excluding hydrogens is 229 g/mol. The van der Waals surface area contributed by atoms with Crippen LogP contribution in [0, 0.1) is 11.8 Å². The largest absolute Gasteiger partial charge is 1.00 e. The van der Waals surface area contributed by atoms with E-state index in [4.69, 9.17) is 0 Å². The van der Waals surface area contributed by atoms with Gasteiger partial charge in [-0.05, 0) is 44.2 Å². The molecule has 1 rings (SSSR count). The number of likely N-dealkylation sites (tertiary alicyclic amines) is 1. The standard InChI is InChI=1S/C9H18BF3N.K/c1-8(2)9-3-5-14(6-4-9)7-10(11,12)13;/h8-9H,3-7H2,1-2H3;/q-1;+1. The van der Waals surface area contributed by atoms with E-state index in [0.29, 0.717) is 24.9 Å². The summed E-state index contributed by atoms with van der Waals surface area (Å²) >= 11 is 0. The van der Waals surface area contributed by atoms with Gasteiger partial charge in [-0.15, -0.1) is 0 Å². The molecule has 1 aliphatic rings. The van der Waals surface area contributed by atoms with E-state index in [0.717, 1.165) is 12.8 Å². The zero-order valence-corrected chi connectivity index (χ0v) is 13.0. The third-order valence-corrected chi connectivity index (χ3v) is 3.04. The van der Waals surface area contributed by atoms with Crippen molar-refractivity contribution in [3.05, 3.63) is 0 Å². The molecule has 1 heterocycles. The van der Waals surface area contributed by atoms with Crippen LogP contribution in [0.3, 0.4) is 0 Å². The molecule has 1 saturated heterocycles. The number of halogens is 3. The topological polar surface area (TPSA) is 3.24 Å². The van der Waals surface area contributed by atoms with E-state index in [2.05, 4.69) is 13.8 Å². The molecule has 15 heavy (non-hydrogen) atoms. The van der Waals surface area contributed by atoms with Crippen molar-refractivity contribution in [3.63, 3.8) is 0 Å². The fourth-order valence-corrected chi connectivity index (χ4v) is 2.09. The van der Waals surface area contributed by atoms with Gasteiger partial charge in [0.25, 0.3) is 0 Å². The van der Waals surface area contributed by atoms with Crippen molar-refractivity contribution in [2.24, 2.45) is 11.8 Å². The monoisotopic (exact) mass is 247 g/mol. The summed E-state index contributed by atoms with van der Waals surface area (Å²) < 4.78 is 36.4. The molecule has 0 unspecified atom stereocenters. The van der Waals surface area contributed by atoms with Crippen LogP contribution in [0.4, 0.5) is 12.9 Å². The summed E-state index contributed by atoms with van der Waals surface area (Å²) in [5.74, 6) is 1.22. The Balaban J connectivity index is 0.00000196. The van der Waals surface area contributed by atoms with Gasteiger partial charge < -0.3 is 17.8 Å². The van der Waals surface area contributed by atoms with Gasteiger partial charge in [0, 0.05) is 0 Å². The van der Waals surface area contributed by atoms with E-state index in [1.165, 1.54) is 0 Å². The van der Waals surface area contributed by atoms with Gasteiger partial charge in [0.1, 0.15) is 0 Å². The second kappa shape index (κ2) is 7.01. The predicted molar refractivity (Wildman–Crippen MR) is 53.1 cm³/mol. The van der Waals surface area contributed by atoms with E-state index in [9.17, 15) is 12.9 Å². The van der Waals surface area contributed by atoms with Crippen molar-refractivity contribution in [3.8, 4) is 0 Å². The molecule has 0 aliphatic carbocycles. The Hall–Kier alpha value is 1.45. The van der Waals surface area contributed by atoms with Gasteiger partial charge >= 0.3 is 58.4 Å². The fraction of sp³-hybridized carbons (Fsp3) is 1.00. The first kappa shape index (κ1) is 16.5. The summed E-state index contributed by atoms with van der Waals surface area (Å²) in [5.41, 5.74) is 0.